The molecule has 2 rings (SSSR count). The molecule has 3 nitrogen and oxygen atoms in total. The van der Waals surface area contributed by atoms with Gasteiger partial charge in [-0.15, -0.1) is 0 Å². The van der Waals surface area contributed by atoms with Gasteiger partial charge >= 0.3 is 0 Å². The highest BCUT2D eigenvalue weighted by molar-refractivity contribution is 6.03. The SMILES string of the molecule is CCOCCN1CCC(=O)c2ccccc21. The summed E-state index contributed by atoms with van der Waals surface area (Å²) in [5, 5.41) is 0. The number of hydrogen-bond acceptors (Lipinski definition) is 3. The molecular formula is C13H17NO2. The number of anilines is 1. The normalized spacial score (nSPS) is 15.1. The Hall–Kier alpha value is -1.35. The van der Waals surface area contributed by atoms with Crippen molar-refractivity contribution in [3.8, 4) is 0 Å². The van der Waals surface area contributed by atoms with Crippen LogP contribution in [0.3, 0.4) is 0 Å². The molecule has 0 N–H and O–H groups in total. The third kappa shape index (κ3) is 2.25. The summed E-state index contributed by atoms with van der Waals surface area (Å²) < 4.78 is 5.35. The second-order valence-corrected chi connectivity index (χ2v) is 3.87. The molecule has 0 amide bonds. The number of benzene rings is 1. The smallest absolute Gasteiger partial charge is 0.166 e. The van der Waals surface area contributed by atoms with Gasteiger partial charge in [0.1, 0.15) is 0 Å². The summed E-state index contributed by atoms with van der Waals surface area (Å²) in [6.45, 7) is 5.13. The minimum absolute atomic E-state index is 0.253. The molecule has 1 aromatic rings. The Labute approximate surface area is 96.0 Å². The zero-order valence-corrected chi connectivity index (χ0v) is 9.61. The van der Waals surface area contributed by atoms with Gasteiger partial charge in [-0.1, -0.05) is 12.1 Å². The van der Waals surface area contributed by atoms with Crippen molar-refractivity contribution in [2.24, 2.45) is 0 Å². The predicted molar refractivity (Wildman–Crippen MR) is 64.1 cm³/mol. The largest absolute Gasteiger partial charge is 0.380 e. The molecule has 0 saturated carbocycles. The Bertz CT molecular complexity index is 376. The summed E-state index contributed by atoms with van der Waals surface area (Å²) in [6, 6.07) is 7.82. The van der Waals surface area contributed by atoms with E-state index >= 15 is 0 Å². The highest BCUT2D eigenvalue weighted by atomic mass is 16.5. The van der Waals surface area contributed by atoms with Gasteiger partial charge in [0.25, 0.3) is 0 Å². The summed E-state index contributed by atoms with van der Waals surface area (Å²) in [5.74, 6) is 0.253. The van der Waals surface area contributed by atoms with Gasteiger partial charge in [0.05, 0.1) is 6.61 Å². The van der Waals surface area contributed by atoms with E-state index in [1.807, 2.05) is 31.2 Å². The summed E-state index contributed by atoms with van der Waals surface area (Å²) in [6.07, 6.45) is 0.614. The average Bonchev–Trinajstić information content (AvgIpc) is 2.33. The van der Waals surface area contributed by atoms with E-state index < -0.39 is 0 Å². The van der Waals surface area contributed by atoms with Gasteiger partial charge in [-0.05, 0) is 19.1 Å². The fraction of sp³-hybridized carbons (Fsp3) is 0.462. The van der Waals surface area contributed by atoms with Gasteiger partial charge in [0.2, 0.25) is 0 Å². The second-order valence-electron chi connectivity index (χ2n) is 3.87. The van der Waals surface area contributed by atoms with E-state index in [2.05, 4.69) is 4.90 Å². The van der Waals surface area contributed by atoms with Crippen molar-refractivity contribution in [1.29, 1.82) is 0 Å². The molecular weight excluding hydrogens is 202 g/mol. The van der Waals surface area contributed by atoms with Gasteiger partial charge in [-0.3, -0.25) is 4.79 Å². The van der Waals surface area contributed by atoms with Gasteiger partial charge < -0.3 is 9.64 Å². The van der Waals surface area contributed by atoms with Crippen molar-refractivity contribution in [2.75, 3.05) is 31.2 Å². The molecule has 0 saturated heterocycles. The molecule has 1 aromatic carbocycles. The number of ether oxygens (including phenoxy) is 1. The van der Waals surface area contributed by atoms with E-state index in [9.17, 15) is 4.79 Å². The second kappa shape index (κ2) is 5.12. The molecule has 16 heavy (non-hydrogen) atoms. The summed E-state index contributed by atoms with van der Waals surface area (Å²) in [7, 11) is 0. The Morgan fingerprint density at radius 3 is 3.00 bits per heavy atom. The fourth-order valence-electron chi connectivity index (χ4n) is 2.03. The lowest BCUT2D eigenvalue weighted by Crippen LogP contribution is -2.34. The van der Waals surface area contributed by atoms with E-state index in [0.717, 1.165) is 37.6 Å². The number of fused-ring (bicyclic) bond motifs is 1. The third-order valence-corrected chi connectivity index (χ3v) is 2.86. The van der Waals surface area contributed by atoms with Crippen LogP contribution in [0.2, 0.25) is 0 Å². The maximum atomic E-state index is 11.7. The van der Waals surface area contributed by atoms with E-state index in [4.69, 9.17) is 4.74 Å². The first-order valence-corrected chi connectivity index (χ1v) is 5.78. The lowest BCUT2D eigenvalue weighted by atomic mass is 10.0. The highest BCUT2D eigenvalue weighted by Gasteiger charge is 2.21. The Morgan fingerprint density at radius 2 is 2.19 bits per heavy atom. The number of ketones is 1. The van der Waals surface area contributed by atoms with Gasteiger partial charge in [0, 0.05) is 37.4 Å². The number of carbonyl (C=O) groups excluding carboxylic acids is 1. The van der Waals surface area contributed by atoms with Crippen LogP contribution in [-0.4, -0.2) is 32.1 Å². The first kappa shape index (κ1) is 11.1. The average molecular weight is 219 g/mol. The first-order valence-electron chi connectivity index (χ1n) is 5.78. The lowest BCUT2D eigenvalue weighted by molar-refractivity contribution is 0.0977. The molecule has 0 aromatic heterocycles. The van der Waals surface area contributed by atoms with E-state index in [-0.39, 0.29) is 5.78 Å². The molecule has 0 radical (unpaired) electrons. The van der Waals surface area contributed by atoms with Gasteiger partial charge in [-0.2, -0.15) is 0 Å². The lowest BCUT2D eigenvalue weighted by Gasteiger charge is -2.30. The molecule has 1 heterocycles. The van der Waals surface area contributed by atoms with Crippen LogP contribution in [-0.2, 0) is 4.74 Å². The predicted octanol–water partition coefficient (Wildman–Crippen LogP) is 2.12. The van der Waals surface area contributed by atoms with Crippen LogP contribution in [0.25, 0.3) is 0 Å². The summed E-state index contributed by atoms with van der Waals surface area (Å²) in [5.41, 5.74) is 1.91. The molecule has 1 aliphatic heterocycles. The Kier molecular flexibility index (Phi) is 3.57. The minimum Gasteiger partial charge on any atom is -0.380 e. The Morgan fingerprint density at radius 1 is 1.38 bits per heavy atom. The van der Waals surface area contributed by atoms with Gasteiger partial charge in [-0.25, -0.2) is 0 Å². The van der Waals surface area contributed by atoms with Crippen molar-refractivity contribution >= 4 is 11.5 Å². The van der Waals surface area contributed by atoms with E-state index in [1.54, 1.807) is 0 Å². The maximum absolute atomic E-state index is 11.7. The molecule has 0 aliphatic carbocycles. The fourth-order valence-corrected chi connectivity index (χ4v) is 2.03. The number of para-hydroxylation sites is 1. The summed E-state index contributed by atoms with van der Waals surface area (Å²) in [4.78, 5) is 13.9. The van der Waals surface area contributed by atoms with Crippen molar-refractivity contribution in [2.45, 2.75) is 13.3 Å². The molecule has 3 heteroatoms. The molecule has 0 spiro atoms. The van der Waals surface area contributed by atoms with Crippen LogP contribution in [0, 0.1) is 0 Å². The van der Waals surface area contributed by atoms with Crippen LogP contribution in [0.15, 0.2) is 24.3 Å². The maximum Gasteiger partial charge on any atom is 0.166 e. The number of rotatable bonds is 4. The van der Waals surface area contributed by atoms with E-state index in [0.29, 0.717) is 6.42 Å². The van der Waals surface area contributed by atoms with Crippen LogP contribution in [0.4, 0.5) is 5.69 Å². The molecule has 0 atom stereocenters. The van der Waals surface area contributed by atoms with Gasteiger partial charge in [0.15, 0.2) is 5.78 Å². The van der Waals surface area contributed by atoms with Crippen molar-refractivity contribution in [3.63, 3.8) is 0 Å². The van der Waals surface area contributed by atoms with Crippen molar-refractivity contribution in [1.82, 2.24) is 0 Å². The molecule has 86 valence electrons. The third-order valence-electron chi connectivity index (χ3n) is 2.86. The van der Waals surface area contributed by atoms with E-state index in [1.165, 1.54) is 0 Å². The van der Waals surface area contributed by atoms with Crippen LogP contribution < -0.4 is 4.90 Å². The zero-order chi connectivity index (χ0) is 11.4. The van der Waals surface area contributed by atoms with Crippen molar-refractivity contribution in [3.05, 3.63) is 29.8 Å². The molecule has 0 bridgehead atoms. The first-order chi connectivity index (χ1) is 7.83. The molecule has 0 fully saturated rings. The zero-order valence-electron chi connectivity index (χ0n) is 9.61. The standard InChI is InChI=1S/C13H17NO2/c1-2-16-10-9-14-8-7-13(15)11-5-3-4-6-12(11)14/h3-6H,2,7-10H2,1H3. The molecule has 0 unspecified atom stereocenters. The monoisotopic (exact) mass is 219 g/mol. The minimum atomic E-state index is 0.253. The van der Waals surface area contributed by atoms with Crippen LogP contribution >= 0.6 is 0 Å². The number of Topliss-reactive ketones (excluding diaryl/α,β-unsaturated/α-hetero) is 1. The highest BCUT2D eigenvalue weighted by Crippen LogP contribution is 2.26. The topological polar surface area (TPSA) is 29.5 Å². The number of nitrogens with zero attached hydrogens (tertiary/aromatic N) is 1. The van der Waals surface area contributed by atoms with Crippen LogP contribution in [0.5, 0.6) is 0 Å². The van der Waals surface area contributed by atoms with Crippen molar-refractivity contribution < 1.29 is 9.53 Å². The number of hydrogen-bond donors (Lipinski definition) is 0. The molecule has 1 aliphatic rings. The number of carbonyl (C=O) groups is 1. The quantitative estimate of drug-likeness (QED) is 0.726. The summed E-state index contributed by atoms with van der Waals surface area (Å²) >= 11 is 0. The van der Waals surface area contributed by atoms with Crippen LogP contribution in [0.1, 0.15) is 23.7 Å². The Balaban J connectivity index is 2.12.